The highest BCUT2D eigenvalue weighted by Gasteiger charge is 2.11. The van der Waals surface area contributed by atoms with Gasteiger partial charge in [-0.05, 0) is 55.5 Å². The maximum absolute atomic E-state index is 12.3. The zero-order chi connectivity index (χ0) is 20.1. The number of pyridine rings is 1. The second kappa shape index (κ2) is 8.26. The molecule has 0 spiro atoms. The van der Waals surface area contributed by atoms with Crippen LogP contribution in [-0.2, 0) is 0 Å². The molecule has 2 aromatic carbocycles. The van der Waals surface area contributed by atoms with E-state index in [9.17, 15) is 4.79 Å². The van der Waals surface area contributed by atoms with Crippen molar-refractivity contribution in [2.24, 2.45) is 0 Å². The van der Waals surface area contributed by atoms with Gasteiger partial charge in [0, 0.05) is 23.6 Å². The Morgan fingerprint density at radius 1 is 0.931 bits per heavy atom. The molecule has 4 aromatic rings. The van der Waals surface area contributed by atoms with E-state index in [0.29, 0.717) is 11.6 Å². The topological polar surface area (TPSA) is 89.3 Å². The number of benzene rings is 2. The summed E-state index contributed by atoms with van der Waals surface area (Å²) in [5.41, 5.74) is 1.85. The summed E-state index contributed by atoms with van der Waals surface area (Å²) in [6.45, 7) is 1.75. The van der Waals surface area contributed by atoms with Crippen LogP contribution in [0.3, 0.4) is 0 Å². The van der Waals surface area contributed by atoms with E-state index in [-0.39, 0.29) is 11.6 Å². The van der Waals surface area contributed by atoms with Crippen LogP contribution in [0.4, 0.5) is 17.2 Å². The monoisotopic (exact) mass is 386 g/mol. The molecule has 1 amide bonds. The van der Waals surface area contributed by atoms with E-state index in [4.69, 9.17) is 9.26 Å². The van der Waals surface area contributed by atoms with E-state index < -0.39 is 0 Å². The summed E-state index contributed by atoms with van der Waals surface area (Å²) in [6.07, 6.45) is 1.57. The van der Waals surface area contributed by atoms with E-state index >= 15 is 0 Å². The molecular weight excluding hydrogens is 368 g/mol. The standard InChI is InChI=1S/C22H18N4O3/c1-15-13-21(26-29-15)25-22(27)20-14-17(11-12-23-20)24-16-7-9-19(10-8-16)28-18-5-3-2-4-6-18/h2-14H,1H3,(H,23,24)(H,25,26,27). The number of aromatic nitrogens is 2. The summed E-state index contributed by atoms with van der Waals surface area (Å²) in [5, 5.41) is 9.65. The predicted octanol–water partition coefficient (Wildman–Crippen LogP) is 5.17. The lowest BCUT2D eigenvalue weighted by Gasteiger charge is -2.09. The van der Waals surface area contributed by atoms with Gasteiger partial charge in [-0.3, -0.25) is 9.78 Å². The van der Waals surface area contributed by atoms with E-state index in [1.807, 2.05) is 54.6 Å². The zero-order valence-electron chi connectivity index (χ0n) is 15.6. The first-order valence-corrected chi connectivity index (χ1v) is 8.96. The number of hydrogen-bond donors (Lipinski definition) is 2. The van der Waals surface area contributed by atoms with Crippen molar-refractivity contribution in [3.05, 3.63) is 90.4 Å². The summed E-state index contributed by atoms with van der Waals surface area (Å²) in [5.74, 6) is 2.11. The number of aryl methyl sites for hydroxylation is 1. The van der Waals surface area contributed by atoms with Crippen LogP contribution in [0.2, 0.25) is 0 Å². The number of carbonyl (C=O) groups excluding carboxylic acids is 1. The Bertz CT molecular complexity index is 1110. The van der Waals surface area contributed by atoms with Crippen LogP contribution in [0.25, 0.3) is 0 Å². The summed E-state index contributed by atoms with van der Waals surface area (Å²) in [6, 6.07) is 22.2. The average molecular weight is 386 g/mol. The summed E-state index contributed by atoms with van der Waals surface area (Å²) in [7, 11) is 0. The molecule has 7 heteroatoms. The SMILES string of the molecule is Cc1cc(NC(=O)c2cc(Nc3ccc(Oc4ccccc4)cc3)ccn2)no1. The number of hydrogen-bond acceptors (Lipinski definition) is 6. The second-order valence-corrected chi connectivity index (χ2v) is 6.27. The number of rotatable bonds is 6. The van der Waals surface area contributed by atoms with Gasteiger partial charge in [0.05, 0.1) is 0 Å². The Balaban J connectivity index is 1.41. The van der Waals surface area contributed by atoms with Gasteiger partial charge in [0.1, 0.15) is 23.0 Å². The van der Waals surface area contributed by atoms with Gasteiger partial charge in [-0.2, -0.15) is 0 Å². The van der Waals surface area contributed by atoms with Crippen LogP contribution in [0.15, 0.2) is 83.5 Å². The van der Waals surface area contributed by atoms with Crippen molar-refractivity contribution in [1.82, 2.24) is 10.1 Å². The fourth-order valence-electron chi connectivity index (χ4n) is 2.64. The van der Waals surface area contributed by atoms with Crippen molar-refractivity contribution >= 4 is 23.1 Å². The summed E-state index contributed by atoms with van der Waals surface area (Å²) < 4.78 is 10.7. The second-order valence-electron chi connectivity index (χ2n) is 6.27. The van der Waals surface area contributed by atoms with Crippen molar-refractivity contribution in [3.63, 3.8) is 0 Å². The molecular formula is C22H18N4O3. The normalized spacial score (nSPS) is 10.4. The van der Waals surface area contributed by atoms with E-state index in [1.165, 1.54) is 0 Å². The highest BCUT2D eigenvalue weighted by molar-refractivity contribution is 6.02. The summed E-state index contributed by atoms with van der Waals surface area (Å²) in [4.78, 5) is 16.5. The largest absolute Gasteiger partial charge is 0.457 e. The van der Waals surface area contributed by atoms with Gasteiger partial charge in [-0.25, -0.2) is 0 Å². The zero-order valence-corrected chi connectivity index (χ0v) is 15.6. The molecule has 2 heterocycles. The third kappa shape index (κ3) is 4.78. The lowest BCUT2D eigenvalue weighted by atomic mass is 10.2. The van der Waals surface area contributed by atoms with Crippen molar-refractivity contribution in [1.29, 1.82) is 0 Å². The van der Waals surface area contributed by atoms with Crippen LogP contribution in [0.5, 0.6) is 11.5 Å². The van der Waals surface area contributed by atoms with E-state index in [0.717, 1.165) is 22.9 Å². The minimum absolute atomic E-state index is 0.264. The Kier molecular flexibility index (Phi) is 5.20. The molecule has 0 aliphatic carbocycles. The number of amides is 1. The molecule has 0 fully saturated rings. The van der Waals surface area contributed by atoms with Gasteiger partial charge in [0.25, 0.3) is 5.91 Å². The molecule has 2 N–H and O–H groups in total. The fraction of sp³-hybridized carbons (Fsp3) is 0.0455. The molecule has 0 saturated carbocycles. The van der Waals surface area contributed by atoms with Gasteiger partial charge >= 0.3 is 0 Å². The number of nitrogens with one attached hydrogen (secondary N) is 2. The molecule has 0 saturated heterocycles. The number of para-hydroxylation sites is 1. The van der Waals surface area contributed by atoms with Gasteiger partial charge in [-0.15, -0.1) is 0 Å². The maximum atomic E-state index is 12.3. The van der Waals surface area contributed by atoms with Gasteiger partial charge < -0.3 is 19.9 Å². The number of carbonyl (C=O) groups is 1. The molecule has 0 atom stereocenters. The van der Waals surface area contributed by atoms with Crippen molar-refractivity contribution < 1.29 is 14.1 Å². The van der Waals surface area contributed by atoms with Crippen LogP contribution in [0, 0.1) is 6.92 Å². The Morgan fingerprint density at radius 3 is 2.41 bits per heavy atom. The lowest BCUT2D eigenvalue weighted by molar-refractivity contribution is 0.102. The summed E-state index contributed by atoms with van der Waals surface area (Å²) >= 11 is 0. The minimum Gasteiger partial charge on any atom is -0.457 e. The Morgan fingerprint density at radius 2 is 1.69 bits per heavy atom. The maximum Gasteiger partial charge on any atom is 0.275 e. The number of nitrogens with zero attached hydrogens (tertiary/aromatic N) is 2. The third-order valence-corrected chi connectivity index (χ3v) is 3.98. The predicted molar refractivity (Wildman–Crippen MR) is 110 cm³/mol. The Labute approximate surface area is 167 Å². The highest BCUT2D eigenvalue weighted by Crippen LogP contribution is 2.24. The van der Waals surface area contributed by atoms with E-state index in [2.05, 4.69) is 20.8 Å². The molecule has 0 aliphatic heterocycles. The first kappa shape index (κ1) is 18.2. The Hall–Kier alpha value is -4.13. The van der Waals surface area contributed by atoms with Gasteiger partial charge in [0.2, 0.25) is 0 Å². The van der Waals surface area contributed by atoms with Gasteiger partial charge in [-0.1, -0.05) is 23.4 Å². The third-order valence-electron chi connectivity index (χ3n) is 3.98. The van der Waals surface area contributed by atoms with Crippen molar-refractivity contribution in [2.75, 3.05) is 10.6 Å². The van der Waals surface area contributed by atoms with Crippen LogP contribution >= 0.6 is 0 Å². The van der Waals surface area contributed by atoms with E-state index in [1.54, 1.807) is 31.3 Å². The highest BCUT2D eigenvalue weighted by atomic mass is 16.5. The molecule has 29 heavy (non-hydrogen) atoms. The molecule has 7 nitrogen and oxygen atoms in total. The molecule has 0 unspecified atom stereocenters. The fourth-order valence-corrected chi connectivity index (χ4v) is 2.64. The average Bonchev–Trinajstić information content (AvgIpc) is 3.15. The number of ether oxygens (including phenoxy) is 1. The molecule has 4 rings (SSSR count). The molecule has 144 valence electrons. The minimum atomic E-state index is -0.367. The lowest BCUT2D eigenvalue weighted by Crippen LogP contribution is -2.14. The van der Waals surface area contributed by atoms with Crippen LogP contribution in [0.1, 0.15) is 16.2 Å². The van der Waals surface area contributed by atoms with Crippen molar-refractivity contribution in [3.8, 4) is 11.5 Å². The molecule has 2 aromatic heterocycles. The molecule has 0 aliphatic rings. The number of anilines is 3. The quantitative estimate of drug-likeness (QED) is 0.475. The first-order chi connectivity index (χ1) is 14.2. The first-order valence-electron chi connectivity index (χ1n) is 8.96. The molecule has 0 bridgehead atoms. The van der Waals surface area contributed by atoms with Crippen LogP contribution < -0.4 is 15.4 Å². The van der Waals surface area contributed by atoms with Gasteiger partial charge in [0.15, 0.2) is 5.82 Å². The van der Waals surface area contributed by atoms with Crippen molar-refractivity contribution in [2.45, 2.75) is 6.92 Å². The molecule has 0 radical (unpaired) electrons. The van der Waals surface area contributed by atoms with Crippen LogP contribution in [-0.4, -0.2) is 16.0 Å². The smallest absolute Gasteiger partial charge is 0.275 e.